The number of aromatic nitrogens is 3. The Morgan fingerprint density at radius 2 is 1.78 bits per heavy atom. The van der Waals surface area contributed by atoms with Gasteiger partial charge in [0.05, 0.1) is 22.6 Å². The lowest BCUT2D eigenvalue weighted by Gasteiger charge is -2.34. The molecular formula is C28H30ClN7O. The summed E-state index contributed by atoms with van der Waals surface area (Å²) in [7, 11) is 3.92. The predicted molar refractivity (Wildman–Crippen MR) is 150 cm³/mol. The third-order valence-electron chi connectivity index (χ3n) is 6.87. The van der Waals surface area contributed by atoms with Crippen LogP contribution in [0, 0.1) is 6.92 Å². The summed E-state index contributed by atoms with van der Waals surface area (Å²) < 4.78 is 0. The van der Waals surface area contributed by atoms with Crippen LogP contribution in [-0.2, 0) is 0 Å². The number of rotatable bonds is 6. The van der Waals surface area contributed by atoms with Crippen LogP contribution < -0.4 is 16.0 Å². The molecule has 1 aliphatic rings. The zero-order valence-electron chi connectivity index (χ0n) is 21.2. The number of benzene rings is 2. The highest BCUT2D eigenvalue weighted by Gasteiger charge is 2.21. The molecule has 0 bridgehead atoms. The van der Waals surface area contributed by atoms with E-state index < -0.39 is 5.91 Å². The molecule has 1 saturated heterocycles. The lowest BCUT2D eigenvalue weighted by Crippen LogP contribution is -2.44. The van der Waals surface area contributed by atoms with Gasteiger partial charge in [0.2, 0.25) is 5.95 Å². The number of hydrogen-bond donors (Lipinski definition) is 3. The van der Waals surface area contributed by atoms with Crippen molar-refractivity contribution in [3.8, 4) is 33.8 Å². The fourth-order valence-corrected chi connectivity index (χ4v) is 4.86. The highest BCUT2D eigenvalue weighted by atomic mass is 35.5. The van der Waals surface area contributed by atoms with Gasteiger partial charge >= 0.3 is 0 Å². The van der Waals surface area contributed by atoms with Crippen LogP contribution in [0.15, 0.2) is 54.7 Å². The smallest absolute Gasteiger partial charge is 0.250 e. The second kappa shape index (κ2) is 10.2. The molecule has 0 atom stereocenters. The van der Waals surface area contributed by atoms with Gasteiger partial charge in [-0.2, -0.15) is 0 Å². The van der Waals surface area contributed by atoms with Crippen molar-refractivity contribution >= 4 is 29.1 Å². The first-order valence-electron chi connectivity index (χ1n) is 12.2. The molecule has 0 aliphatic carbocycles. The molecule has 3 heterocycles. The number of halogens is 1. The van der Waals surface area contributed by atoms with Crippen LogP contribution in [0.5, 0.6) is 0 Å². The van der Waals surface area contributed by atoms with E-state index in [1.807, 2.05) is 25.1 Å². The highest BCUT2D eigenvalue weighted by Crippen LogP contribution is 2.36. The Hall–Kier alpha value is -3.88. The maximum absolute atomic E-state index is 12.4. The number of H-pyrrole nitrogens is 1. The predicted octanol–water partition coefficient (Wildman–Crippen LogP) is 4.66. The topological polar surface area (TPSA) is 103 Å². The number of aromatic amines is 1. The van der Waals surface area contributed by atoms with Gasteiger partial charge in [-0.3, -0.25) is 4.79 Å². The Balaban J connectivity index is 1.58. The van der Waals surface area contributed by atoms with E-state index in [2.05, 4.69) is 56.4 Å². The number of piperazine rings is 1. The summed E-state index contributed by atoms with van der Waals surface area (Å²) in [4.78, 5) is 29.8. The molecule has 1 aliphatic heterocycles. The summed E-state index contributed by atoms with van der Waals surface area (Å²) >= 11 is 6.28. The number of carbonyl (C=O) groups is 1. The van der Waals surface area contributed by atoms with Crippen molar-refractivity contribution in [3.63, 3.8) is 0 Å². The molecule has 2 aromatic carbocycles. The van der Waals surface area contributed by atoms with Gasteiger partial charge < -0.3 is 25.8 Å². The van der Waals surface area contributed by atoms with Crippen LogP contribution in [0.2, 0.25) is 5.02 Å². The van der Waals surface area contributed by atoms with Crippen molar-refractivity contribution in [2.75, 3.05) is 50.5 Å². The van der Waals surface area contributed by atoms with Gasteiger partial charge in [-0.25, -0.2) is 9.97 Å². The van der Waals surface area contributed by atoms with E-state index in [1.54, 1.807) is 19.3 Å². The minimum absolute atomic E-state index is 0.376. The number of hydrogen-bond acceptors (Lipinski definition) is 6. The molecule has 0 saturated carbocycles. The van der Waals surface area contributed by atoms with E-state index in [0.717, 1.165) is 48.4 Å². The summed E-state index contributed by atoms with van der Waals surface area (Å²) in [6.07, 6.45) is 1.80. The standard InChI is InChI=1S/C28H30ClN7O/c1-17-4-7-19(29)14-21(17)25-22(27(30)37)15-24(33-25)26-23(16-32-28(31-2)34-26)18-5-8-20(9-6-18)36-12-10-35(3)11-13-36/h4-9,14-16,33H,10-13H2,1-3H3,(H2,30,37)(H,31,32,34). The minimum atomic E-state index is -0.530. The number of nitrogens with one attached hydrogen (secondary N) is 2. The molecule has 37 heavy (non-hydrogen) atoms. The molecule has 190 valence electrons. The Morgan fingerprint density at radius 3 is 2.46 bits per heavy atom. The van der Waals surface area contributed by atoms with Crippen LogP contribution in [-0.4, -0.2) is 66.0 Å². The summed E-state index contributed by atoms with van der Waals surface area (Å²) in [5.41, 5.74) is 12.9. The molecule has 9 heteroatoms. The number of anilines is 2. The number of nitrogens with zero attached hydrogens (tertiary/aromatic N) is 4. The van der Waals surface area contributed by atoms with Crippen molar-refractivity contribution in [2.45, 2.75) is 6.92 Å². The van der Waals surface area contributed by atoms with Crippen LogP contribution in [0.1, 0.15) is 15.9 Å². The van der Waals surface area contributed by atoms with Crippen LogP contribution in [0.25, 0.3) is 33.8 Å². The number of aryl methyl sites for hydroxylation is 1. The van der Waals surface area contributed by atoms with Crippen molar-refractivity contribution in [1.29, 1.82) is 0 Å². The maximum atomic E-state index is 12.4. The van der Waals surface area contributed by atoms with Gasteiger partial charge in [0.25, 0.3) is 5.91 Å². The molecule has 0 spiro atoms. The first-order valence-corrected chi connectivity index (χ1v) is 12.6. The summed E-state index contributed by atoms with van der Waals surface area (Å²) in [6, 6.07) is 15.8. The zero-order chi connectivity index (χ0) is 26.1. The number of carbonyl (C=O) groups excluding carboxylic acids is 1. The average Bonchev–Trinajstić information content (AvgIpc) is 3.36. The molecule has 0 unspecified atom stereocenters. The quantitative estimate of drug-likeness (QED) is 0.345. The molecular weight excluding hydrogens is 486 g/mol. The summed E-state index contributed by atoms with van der Waals surface area (Å²) in [5, 5.41) is 3.58. The number of nitrogens with two attached hydrogens (primary N) is 1. The van der Waals surface area contributed by atoms with Crippen molar-refractivity contribution in [1.82, 2.24) is 19.9 Å². The normalized spacial score (nSPS) is 14.1. The molecule has 5 rings (SSSR count). The fraction of sp³-hybridized carbons (Fsp3) is 0.250. The first kappa shape index (κ1) is 24.8. The van der Waals surface area contributed by atoms with E-state index in [9.17, 15) is 4.79 Å². The molecule has 0 radical (unpaired) electrons. The van der Waals surface area contributed by atoms with Gasteiger partial charge in [0.1, 0.15) is 0 Å². The third kappa shape index (κ3) is 5.03. The van der Waals surface area contributed by atoms with Gasteiger partial charge in [0, 0.05) is 61.3 Å². The molecule has 8 nitrogen and oxygen atoms in total. The van der Waals surface area contributed by atoms with E-state index in [0.29, 0.717) is 33.6 Å². The Bertz CT molecular complexity index is 1440. The van der Waals surface area contributed by atoms with Gasteiger partial charge in [-0.05, 0) is 55.4 Å². The Morgan fingerprint density at radius 1 is 1.05 bits per heavy atom. The van der Waals surface area contributed by atoms with Crippen molar-refractivity contribution < 1.29 is 4.79 Å². The monoisotopic (exact) mass is 515 g/mol. The number of likely N-dealkylation sites (N-methyl/N-ethyl adjacent to an activating group) is 1. The molecule has 4 N–H and O–H groups in total. The third-order valence-corrected chi connectivity index (χ3v) is 7.10. The van der Waals surface area contributed by atoms with Crippen LogP contribution in [0.4, 0.5) is 11.6 Å². The van der Waals surface area contributed by atoms with E-state index in [1.165, 1.54) is 5.69 Å². The lowest BCUT2D eigenvalue weighted by atomic mass is 10.0. The lowest BCUT2D eigenvalue weighted by molar-refractivity contribution is 0.100. The second-order valence-corrected chi connectivity index (χ2v) is 9.77. The first-order chi connectivity index (χ1) is 17.8. The number of amides is 1. The largest absolute Gasteiger partial charge is 0.369 e. The summed E-state index contributed by atoms with van der Waals surface area (Å²) in [6.45, 7) is 6.08. The SMILES string of the molecule is CNc1ncc(-c2ccc(N3CCN(C)CC3)cc2)c(-c2cc(C(N)=O)c(-c3cc(Cl)ccc3C)[nH]2)n1. The molecule has 1 amide bonds. The van der Waals surface area contributed by atoms with Gasteiger partial charge in [-0.1, -0.05) is 29.8 Å². The van der Waals surface area contributed by atoms with Crippen molar-refractivity contribution in [3.05, 3.63) is 70.9 Å². The average molecular weight is 516 g/mol. The number of primary amides is 1. The van der Waals surface area contributed by atoms with E-state index in [-0.39, 0.29) is 0 Å². The minimum Gasteiger partial charge on any atom is -0.369 e. The maximum Gasteiger partial charge on any atom is 0.250 e. The summed E-state index contributed by atoms with van der Waals surface area (Å²) in [5.74, 6) is -0.0543. The van der Waals surface area contributed by atoms with Gasteiger partial charge in [-0.15, -0.1) is 0 Å². The van der Waals surface area contributed by atoms with Crippen LogP contribution >= 0.6 is 11.6 Å². The van der Waals surface area contributed by atoms with Gasteiger partial charge in [0.15, 0.2) is 0 Å². The van der Waals surface area contributed by atoms with E-state index in [4.69, 9.17) is 22.3 Å². The second-order valence-electron chi connectivity index (χ2n) is 9.34. The highest BCUT2D eigenvalue weighted by molar-refractivity contribution is 6.31. The van der Waals surface area contributed by atoms with Crippen molar-refractivity contribution in [2.24, 2.45) is 5.73 Å². The Kier molecular flexibility index (Phi) is 6.86. The van der Waals surface area contributed by atoms with E-state index >= 15 is 0 Å². The molecule has 1 fully saturated rings. The zero-order valence-corrected chi connectivity index (χ0v) is 21.9. The Labute approximate surface area is 221 Å². The molecule has 4 aromatic rings. The van der Waals surface area contributed by atoms with Crippen LogP contribution in [0.3, 0.4) is 0 Å². The fourth-order valence-electron chi connectivity index (χ4n) is 4.69. The molecule has 2 aromatic heterocycles.